The number of nitrogens with zero attached hydrogens (tertiary/aromatic N) is 3. The molecule has 1 aliphatic rings. The van der Waals surface area contributed by atoms with Crippen molar-refractivity contribution >= 4 is 11.8 Å². The number of fused-ring (bicyclic) bond motifs is 1. The van der Waals surface area contributed by atoms with Gasteiger partial charge in [-0.3, -0.25) is 0 Å². The van der Waals surface area contributed by atoms with Crippen molar-refractivity contribution in [3.05, 3.63) is 47.7 Å². The highest BCUT2D eigenvalue weighted by atomic mass is 16.3. The molecule has 116 valence electrons. The van der Waals surface area contributed by atoms with Crippen LogP contribution in [-0.2, 0) is 13.0 Å². The first-order valence-electron chi connectivity index (χ1n) is 7.71. The predicted octanol–water partition coefficient (Wildman–Crippen LogP) is 2.22. The van der Waals surface area contributed by atoms with Crippen LogP contribution in [0.25, 0.3) is 0 Å². The van der Waals surface area contributed by atoms with Gasteiger partial charge in [-0.05, 0) is 37.5 Å². The van der Waals surface area contributed by atoms with Crippen LogP contribution in [0.5, 0.6) is 0 Å². The van der Waals surface area contributed by atoms with E-state index in [1.165, 1.54) is 11.1 Å². The average Bonchev–Trinajstić information content (AvgIpc) is 2.54. The lowest BCUT2D eigenvalue weighted by Crippen LogP contribution is -2.39. The summed E-state index contributed by atoms with van der Waals surface area (Å²) in [6.07, 6.45) is 2.79. The third kappa shape index (κ3) is 3.04. The summed E-state index contributed by atoms with van der Waals surface area (Å²) in [5, 5.41) is 12.2. The Bertz CT molecular complexity index is 646. The number of aliphatic hydroxyl groups excluding tert-OH is 1. The maximum Gasteiger partial charge on any atom is 0.224 e. The van der Waals surface area contributed by atoms with Gasteiger partial charge in [0, 0.05) is 24.8 Å². The summed E-state index contributed by atoms with van der Waals surface area (Å²) in [4.78, 5) is 11.1. The monoisotopic (exact) mass is 298 g/mol. The third-order valence-electron chi connectivity index (χ3n) is 4.09. The molecular formula is C17H22N4O. The standard InChI is InChI=1S/C17H22N4O/c1-12(11-22)19-17-18-8-7-16(20-17)21-10-15-6-4-3-5-14(15)9-13(21)2/h3-8,12-13,22H,9-11H2,1-2H3,(H,18,19,20)/t12-,13+/m1/s1. The first kappa shape index (κ1) is 14.8. The van der Waals surface area contributed by atoms with Crippen molar-refractivity contribution in [1.29, 1.82) is 0 Å². The van der Waals surface area contributed by atoms with E-state index >= 15 is 0 Å². The van der Waals surface area contributed by atoms with Crippen LogP contribution < -0.4 is 10.2 Å². The molecule has 0 amide bonds. The van der Waals surface area contributed by atoms with Gasteiger partial charge in [0.15, 0.2) is 0 Å². The lowest BCUT2D eigenvalue weighted by Gasteiger charge is -2.35. The van der Waals surface area contributed by atoms with E-state index < -0.39 is 0 Å². The van der Waals surface area contributed by atoms with Gasteiger partial charge in [-0.1, -0.05) is 24.3 Å². The van der Waals surface area contributed by atoms with Gasteiger partial charge >= 0.3 is 0 Å². The highest BCUT2D eigenvalue weighted by Crippen LogP contribution is 2.27. The third-order valence-corrected chi connectivity index (χ3v) is 4.09. The van der Waals surface area contributed by atoms with Gasteiger partial charge < -0.3 is 15.3 Å². The van der Waals surface area contributed by atoms with Crippen LogP contribution in [0.3, 0.4) is 0 Å². The number of benzene rings is 1. The number of rotatable bonds is 4. The Labute approximate surface area is 131 Å². The van der Waals surface area contributed by atoms with E-state index in [4.69, 9.17) is 5.11 Å². The number of hydrogen-bond acceptors (Lipinski definition) is 5. The molecule has 22 heavy (non-hydrogen) atoms. The van der Waals surface area contributed by atoms with Crippen LogP contribution in [0.15, 0.2) is 36.5 Å². The fourth-order valence-corrected chi connectivity index (χ4v) is 2.83. The van der Waals surface area contributed by atoms with Crippen LogP contribution in [0, 0.1) is 0 Å². The molecule has 0 spiro atoms. The molecule has 0 bridgehead atoms. The second-order valence-electron chi connectivity index (χ2n) is 5.92. The second kappa shape index (κ2) is 6.32. The summed E-state index contributed by atoms with van der Waals surface area (Å²) in [6.45, 7) is 5.04. The maximum atomic E-state index is 9.14. The Kier molecular flexibility index (Phi) is 4.24. The number of anilines is 2. The molecule has 1 aromatic heterocycles. The minimum absolute atomic E-state index is 0.0566. The highest BCUT2D eigenvalue weighted by Gasteiger charge is 2.23. The minimum Gasteiger partial charge on any atom is -0.394 e. The molecule has 0 radical (unpaired) electrons. The van der Waals surface area contributed by atoms with Crippen molar-refractivity contribution in [3.63, 3.8) is 0 Å². The van der Waals surface area contributed by atoms with E-state index in [0.717, 1.165) is 18.8 Å². The van der Waals surface area contributed by atoms with Gasteiger partial charge in [0.25, 0.3) is 0 Å². The van der Waals surface area contributed by atoms with Crippen molar-refractivity contribution in [2.75, 3.05) is 16.8 Å². The Morgan fingerprint density at radius 3 is 2.86 bits per heavy atom. The fourth-order valence-electron chi connectivity index (χ4n) is 2.83. The van der Waals surface area contributed by atoms with Crippen LogP contribution in [0.1, 0.15) is 25.0 Å². The first-order valence-corrected chi connectivity index (χ1v) is 7.71. The van der Waals surface area contributed by atoms with Crippen molar-refractivity contribution in [2.45, 2.75) is 38.9 Å². The molecule has 2 aromatic rings. The van der Waals surface area contributed by atoms with Gasteiger partial charge in [0.05, 0.1) is 6.61 Å². The molecule has 3 rings (SSSR count). The van der Waals surface area contributed by atoms with Crippen LogP contribution in [0.4, 0.5) is 11.8 Å². The molecule has 1 aliphatic heterocycles. The first-order chi connectivity index (χ1) is 10.7. The van der Waals surface area contributed by atoms with Gasteiger partial charge in [-0.25, -0.2) is 4.98 Å². The normalized spacial score (nSPS) is 18.7. The Morgan fingerprint density at radius 2 is 2.09 bits per heavy atom. The van der Waals surface area contributed by atoms with Gasteiger partial charge in [0.2, 0.25) is 5.95 Å². The number of hydrogen-bond donors (Lipinski definition) is 2. The smallest absolute Gasteiger partial charge is 0.224 e. The SMILES string of the molecule is C[C@H](CO)Nc1nccc(N2Cc3ccccc3C[C@@H]2C)n1. The van der Waals surface area contributed by atoms with Crippen molar-refractivity contribution in [1.82, 2.24) is 9.97 Å². The molecule has 5 nitrogen and oxygen atoms in total. The summed E-state index contributed by atoms with van der Waals surface area (Å²) in [6, 6.07) is 10.9. The molecule has 5 heteroatoms. The number of nitrogens with one attached hydrogen (secondary N) is 1. The highest BCUT2D eigenvalue weighted by molar-refractivity contribution is 5.47. The zero-order valence-electron chi connectivity index (χ0n) is 13.0. The zero-order chi connectivity index (χ0) is 15.5. The van der Waals surface area contributed by atoms with Gasteiger partial charge in [-0.15, -0.1) is 0 Å². The van der Waals surface area contributed by atoms with E-state index in [1.807, 2.05) is 13.0 Å². The average molecular weight is 298 g/mol. The Balaban J connectivity index is 1.83. The molecule has 2 N–H and O–H groups in total. The predicted molar refractivity (Wildman–Crippen MR) is 88.0 cm³/mol. The maximum absolute atomic E-state index is 9.14. The van der Waals surface area contributed by atoms with E-state index in [9.17, 15) is 0 Å². The minimum atomic E-state index is -0.0604. The van der Waals surface area contributed by atoms with Gasteiger partial charge in [0.1, 0.15) is 5.82 Å². The van der Waals surface area contributed by atoms with E-state index in [-0.39, 0.29) is 12.6 Å². The van der Waals surface area contributed by atoms with Gasteiger partial charge in [-0.2, -0.15) is 4.98 Å². The molecular weight excluding hydrogens is 276 g/mol. The molecule has 1 aromatic carbocycles. The van der Waals surface area contributed by atoms with E-state index in [0.29, 0.717) is 12.0 Å². The molecule has 0 saturated heterocycles. The zero-order valence-corrected chi connectivity index (χ0v) is 13.0. The fraction of sp³-hybridized carbons (Fsp3) is 0.412. The summed E-state index contributed by atoms with van der Waals surface area (Å²) in [7, 11) is 0. The molecule has 0 aliphatic carbocycles. The van der Waals surface area contributed by atoms with Crippen molar-refractivity contribution in [3.8, 4) is 0 Å². The Morgan fingerprint density at radius 1 is 1.32 bits per heavy atom. The summed E-state index contributed by atoms with van der Waals surface area (Å²) in [5.74, 6) is 1.48. The van der Waals surface area contributed by atoms with Crippen LogP contribution in [-0.4, -0.2) is 33.8 Å². The Hall–Kier alpha value is -2.14. The molecule has 0 fully saturated rings. The second-order valence-corrected chi connectivity index (χ2v) is 5.92. The van der Waals surface area contributed by atoms with Crippen LogP contribution >= 0.6 is 0 Å². The van der Waals surface area contributed by atoms with E-state index in [1.54, 1.807) is 6.20 Å². The quantitative estimate of drug-likeness (QED) is 0.906. The summed E-state index contributed by atoms with van der Waals surface area (Å²) >= 11 is 0. The molecule has 2 heterocycles. The topological polar surface area (TPSA) is 61.3 Å². The van der Waals surface area contributed by atoms with E-state index in [2.05, 4.69) is 51.4 Å². The molecule has 2 atom stereocenters. The van der Waals surface area contributed by atoms with Crippen molar-refractivity contribution in [2.24, 2.45) is 0 Å². The largest absolute Gasteiger partial charge is 0.394 e. The van der Waals surface area contributed by atoms with Crippen LogP contribution in [0.2, 0.25) is 0 Å². The lowest BCUT2D eigenvalue weighted by molar-refractivity contribution is 0.281. The lowest BCUT2D eigenvalue weighted by atomic mass is 9.95. The summed E-state index contributed by atoms with van der Waals surface area (Å²) < 4.78 is 0. The molecule has 0 unspecified atom stereocenters. The molecule has 0 saturated carbocycles. The number of aliphatic hydroxyl groups is 1. The van der Waals surface area contributed by atoms with Crippen molar-refractivity contribution < 1.29 is 5.11 Å². The number of aromatic nitrogens is 2. The summed E-state index contributed by atoms with van der Waals surface area (Å²) in [5.41, 5.74) is 2.78.